The van der Waals surface area contributed by atoms with Crippen LogP contribution >= 0.6 is 0 Å². The maximum absolute atomic E-state index is 10.9. The van der Waals surface area contributed by atoms with Gasteiger partial charge in [-0.2, -0.15) is 0 Å². The van der Waals surface area contributed by atoms with Crippen LogP contribution in [0.2, 0.25) is 0 Å². The highest BCUT2D eigenvalue weighted by Gasteiger charge is 2.00. The number of carbonyl (C=O) groups is 1. The van der Waals surface area contributed by atoms with Crippen molar-refractivity contribution in [3.63, 3.8) is 0 Å². The molecule has 0 atom stereocenters. The van der Waals surface area contributed by atoms with Crippen LogP contribution in [0.15, 0.2) is 0 Å². The summed E-state index contributed by atoms with van der Waals surface area (Å²) in [6, 6.07) is 0. The number of unbranched alkanes of at least 4 members (excludes halogenated alkanes) is 9. The SMILES string of the molecule is CCCCCCCCCCCCOCCOCCOCCOCCOCCOCCOCCOCCOCCOCCC(=O)OC. The predicted molar refractivity (Wildman–Crippen MR) is 177 cm³/mol. The Labute approximate surface area is 279 Å². The van der Waals surface area contributed by atoms with Crippen LogP contribution in [0, 0.1) is 0 Å². The molecule has 12 nitrogen and oxygen atoms in total. The minimum absolute atomic E-state index is 0.249. The zero-order valence-corrected chi connectivity index (χ0v) is 29.3. The molecular weight excluding hydrogens is 600 g/mol. The molecule has 0 aliphatic heterocycles. The second-order valence-corrected chi connectivity index (χ2v) is 10.6. The number of hydrogen-bond acceptors (Lipinski definition) is 12. The van der Waals surface area contributed by atoms with Crippen molar-refractivity contribution >= 4 is 5.97 Å². The van der Waals surface area contributed by atoms with Crippen LogP contribution in [0.5, 0.6) is 0 Å². The van der Waals surface area contributed by atoms with Crippen molar-refractivity contribution in [2.45, 2.75) is 77.6 Å². The molecule has 0 rings (SSSR count). The summed E-state index contributed by atoms with van der Waals surface area (Å²) in [4.78, 5) is 10.9. The fourth-order valence-electron chi connectivity index (χ4n) is 4.03. The molecule has 276 valence electrons. The Kier molecular flexibility index (Phi) is 41.2. The van der Waals surface area contributed by atoms with Gasteiger partial charge in [0.05, 0.1) is 139 Å². The number of carbonyl (C=O) groups excluding carboxylic acids is 1. The van der Waals surface area contributed by atoms with Crippen molar-refractivity contribution in [2.75, 3.05) is 139 Å². The summed E-state index contributed by atoms with van der Waals surface area (Å²) in [5.41, 5.74) is 0. The zero-order chi connectivity index (χ0) is 33.3. The first-order chi connectivity index (χ1) is 22.8. The second-order valence-electron chi connectivity index (χ2n) is 10.6. The monoisotopic (exact) mass is 668 g/mol. The number of esters is 1. The van der Waals surface area contributed by atoms with E-state index in [-0.39, 0.29) is 12.4 Å². The van der Waals surface area contributed by atoms with Crippen LogP contribution < -0.4 is 0 Å². The molecule has 0 fully saturated rings. The number of hydrogen-bond donors (Lipinski definition) is 0. The Morgan fingerprint density at radius 3 is 0.848 bits per heavy atom. The fourth-order valence-corrected chi connectivity index (χ4v) is 4.03. The molecule has 0 saturated heterocycles. The molecule has 0 aromatic carbocycles. The Morgan fingerprint density at radius 2 is 0.565 bits per heavy atom. The fraction of sp³-hybridized carbons (Fsp3) is 0.971. The summed E-state index contributed by atoms with van der Waals surface area (Å²) in [5, 5.41) is 0. The Hall–Kier alpha value is -0.930. The average molecular weight is 669 g/mol. The van der Waals surface area contributed by atoms with Crippen molar-refractivity contribution < 1.29 is 56.9 Å². The topological polar surface area (TPSA) is 119 Å². The average Bonchev–Trinajstić information content (AvgIpc) is 3.07. The molecular formula is C34H68O12. The van der Waals surface area contributed by atoms with Gasteiger partial charge < -0.3 is 52.1 Å². The molecule has 0 aliphatic rings. The third kappa shape index (κ3) is 41.1. The Balaban J connectivity index is 3.05. The van der Waals surface area contributed by atoms with Crippen LogP contribution in [-0.2, 0) is 56.9 Å². The molecule has 0 N–H and O–H groups in total. The van der Waals surface area contributed by atoms with Crippen LogP contribution in [0.3, 0.4) is 0 Å². The third-order valence-corrected chi connectivity index (χ3v) is 6.67. The quantitative estimate of drug-likeness (QED) is 0.0667. The normalized spacial score (nSPS) is 11.4. The van der Waals surface area contributed by atoms with Crippen LogP contribution in [0.1, 0.15) is 77.6 Å². The Bertz CT molecular complexity index is 570. The summed E-state index contributed by atoms with van der Waals surface area (Å²) in [5.74, 6) is -0.282. The van der Waals surface area contributed by atoms with Crippen molar-refractivity contribution in [3.8, 4) is 0 Å². The van der Waals surface area contributed by atoms with Crippen molar-refractivity contribution in [3.05, 3.63) is 0 Å². The van der Waals surface area contributed by atoms with E-state index in [2.05, 4.69) is 11.7 Å². The molecule has 0 heterocycles. The highest BCUT2D eigenvalue weighted by Crippen LogP contribution is 2.10. The van der Waals surface area contributed by atoms with Gasteiger partial charge in [-0.1, -0.05) is 64.7 Å². The van der Waals surface area contributed by atoms with E-state index in [1.54, 1.807) is 0 Å². The third-order valence-electron chi connectivity index (χ3n) is 6.67. The highest BCUT2D eigenvalue weighted by atomic mass is 16.6. The zero-order valence-electron chi connectivity index (χ0n) is 29.3. The number of rotatable bonds is 41. The standard InChI is InChI=1S/C34H68O12/c1-3-4-5-6-7-8-9-10-11-12-14-37-16-18-39-20-22-41-24-26-43-28-30-45-32-33-46-31-29-44-27-25-42-23-21-40-19-17-38-15-13-34(35)36-2/h3-33H2,1-2H3. The first kappa shape index (κ1) is 45.1. The highest BCUT2D eigenvalue weighted by molar-refractivity contribution is 5.69. The smallest absolute Gasteiger partial charge is 0.307 e. The van der Waals surface area contributed by atoms with E-state index < -0.39 is 0 Å². The summed E-state index contributed by atoms with van der Waals surface area (Å²) in [6.07, 6.45) is 13.6. The van der Waals surface area contributed by atoms with Gasteiger partial charge in [0.1, 0.15) is 0 Å². The van der Waals surface area contributed by atoms with Crippen molar-refractivity contribution in [2.24, 2.45) is 0 Å². The lowest BCUT2D eigenvalue weighted by Crippen LogP contribution is -2.15. The van der Waals surface area contributed by atoms with E-state index in [1.807, 2.05) is 0 Å². The molecule has 0 aromatic heterocycles. The van der Waals surface area contributed by atoms with E-state index in [9.17, 15) is 4.79 Å². The van der Waals surface area contributed by atoms with Gasteiger partial charge in [0.15, 0.2) is 0 Å². The molecule has 0 radical (unpaired) electrons. The van der Waals surface area contributed by atoms with Gasteiger partial charge in [-0.15, -0.1) is 0 Å². The Morgan fingerprint density at radius 1 is 0.326 bits per heavy atom. The van der Waals surface area contributed by atoms with E-state index in [4.69, 9.17) is 47.4 Å². The molecule has 0 saturated carbocycles. The van der Waals surface area contributed by atoms with Crippen LogP contribution in [0.4, 0.5) is 0 Å². The van der Waals surface area contributed by atoms with Gasteiger partial charge in [-0.3, -0.25) is 4.79 Å². The maximum Gasteiger partial charge on any atom is 0.307 e. The van der Waals surface area contributed by atoms with E-state index in [1.165, 1.54) is 64.9 Å². The molecule has 0 unspecified atom stereocenters. The van der Waals surface area contributed by atoms with Gasteiger partial charge in [0.2, 0.25) is 0 Å². The molecule has 0 bridgehead atoms. The molecule has 0 aromatic rings. The lowest BCUT2D eigenvalue weighted by atomic mass is 10.1. The minimum Gasteiger partial charge on any atom is -0.469 e. The van der Waals surface area contributed by atoms with Gasteiger partial charge in [-0.05, 0) is 6.42 Å². The molecule has 46 heavy (non-hydrogen) atoms. The van der Waals surface area contributed by atoms with Gasteiger partial charge in [-0.25, -0.2) is 0 Å². The summed E-state index contributed by atoms with van der Waals surface area (Å²) in [6.45, 7) is 12.8. The van der Waals surface area contributed by atoms with Crippen molar-refractivity contribution in [1.82, 2.24) is 0 Å². The first-order valence-corrected chi connectivity index (χ1v) is 17.7. The van der Waals surface area contributed by atoms with Crippen LogP contribution in [0.25, 0.3) is 0 Å². The molecule has 12 heteroatoms. The second kappa shape index (κ2) is 42.1. The van der Waals surface area contributed by atoms with Crippen molar-refractivity contribution in [1.29, 1.82) is 0 Å². The molecule has 0 spiro atoms. The minimum atomic E-state index is -0.282. The summed E-state index contributed by atoms with van der Waals surface area (Å²) in [7, 11) is 1.36. The van der Waals surface area contributed by atoms with Gasteiger partial charge >= 0.3 is 5.97 Å². The lowest BCUT2D eigenvalue weighted by molar-refractivity contribution is -0.141. The number of methoxy groups -OCH3 is 1. The number of ether oxygens (including phenoxy) is 11. The van der Waals surface area contributed by atoms with Crippen LogP contribution in [-0.4, -0.2) is 145 Å². The van der Waals surface area contributed by atoms with E-state index in [0.717, 1.165) is 13.0 Å². The first-order valence-electron chi connectivity index (χ1n) is 17.7. The van der Waals surface area contributed by atoms with E-state index >= 15 is 0 Å². The maximum atomic E-state index is 10.9. The summed E-state index contributed by atoms with van der Waals surface area (Å²) < 4.78 is 59.2. The largest absolute Gasteiger partial charge is 0.469 e. The summed E-state index contributed by atoms with van der Waals surface area (Å²) >= 11 is 0. The molecule has 0 aliphatic carbocycles. The van der Waals surface area contributed by atoms with E-state index in [0.29, 0.717) is 126 Å². The lowest BCUT2D eigenvalue weighted by Gasteiger charge is -2.09. The van der Waals surface area contributed by atoms with Gasteiger partial charge in [0.25, 0.3) is 0 Å². The predicted octanol–water partition coefficient (Wildman–Crippen LogP) is 4.64. The molecule has 0 amide bonds. The van der Waals surface area contributed by atoms with Gasteiger partial charge in [0, 0.05) is 6.61 Å².